The molecule has 1 aromatic carbocycles. The third kappa shape index (κ3) is 3.69. The number of hydrogen-bond acceptors (Lipinski definition) is 3. The Kier molecular flexibility index (Phi) is 4.84. The summed E-state index contributed by atoms with van der Waals surface area (Å²) in [6.45, 7) is 0.620. The van der Waals surface area contributed by atoms with Gasteiger partial charge < -0.3 is 5.32 Å². The van der Waals surface area contributed by atoms with E-state index in [2.05, 4.69) is 10.0 Å². The van der Waals surface area contributed by atoms with Crippen molar-refractivity contribution in [3.05, 3.63) is 28.8 Å². The van der Waals surface area contributed by atoms with Crippen molar-refractivity contribution < 1.29 is 8.42 Å². The molecule has 0 aliphatic heterocycles. The topological polar surface area (TPSA) is 58.2 Å². The van der Waals surface area contributed by atoms with Crippen LogP contribution in [0.4, 0.5) is 0 Å². The highest BCUT2D eigenvalue weighted by Gasteiger charge is 2.23. The van der Waals surface area contributed by atoms with E-state index >= 15 is 0 Å². The highest BCUT2D eigenvalue weighted by atomic mass is 35.5. The van der Waals surface area contributed by atoms with Crippen LogP contribution in [0.25, 0.3) is 0 Å². The minimum Gasteiger partial charge on any atom is -0.316 e. The Hall–Kier alpha value is -0.620. The van der Waals surface area contributed by atoms with E-state index in [9.17, 15) is 8.42 Å². The molecule has 2 rings (SSSR count). The molecule has 2 N–H and O–H groups in total. The van der Waals surface area contributed by atoms with Gasteiger partial charge in [-0.15, -0.1) is 0 Å². The SMILES string of the molecule is CNCc1ccc(S(=O)(=O)NC2CCCC2)cc1Cl. The van der Waals surface area contributed by atoms with Crippen molar-refractivity contribution in [3.63, 3.8) is 0 Å². The molecule has 0 radical (unpaired) electrons. The quantitative estimate of drug-likeness (QED) is 0.877. The summed E-state index contributed by atoms with van der Waals surface area (Å²) in [6, 6.07) is 4.95. The zero-order valence-corrected chi connectivity index (χ0v) is 12.5. The Bertz CT molecular complexity index is 540. The molecule has 0 heterocycles. The normalized spacial score (nSPS) is 16.9. The van der Waals surface area contributed by atoms with Crippen molar-refractivity contribution in [2.45, 2.75) is 43.2 Å². The third-order valence-electron chi connectivity index (χ3n) is 3.38. The van der Waals surface area contributed by atoms with Crippen molar-refractivity contribution in [1.29, 1.82) is 0 Å². The summed E-state index contributed by atoms with van der Waals surface area (Å²) in [4.78, 5) is 0.240. The highest BCUT2D eigenvalue weighted by Crippen LogP contribution is 2.23. The Labute approximate surface area is 119 Å². The van der Waals surface area contributed by atoms with Gasteiger partial charge in [0.15, 0.2) is 0 Å². The van der Waals surface area contributed by atoms with E-state index in [0.29, 0.717) is 11.6 Å². The molecule has 0 amide bonds. The minimum absolute atomic E-state index is 0.0701. The monoisotopic (exact) mass is 302 g/mol. The molecule has 0 bridgehead atoms. The van der Waals surface area contributed by atoms with Crippen LogP contribution in [0.3, 0.4) is 0 Å². The number of hydrogen-bond donors (Lipinski definition) is 2. The Morgan fingerprint density at radius 3 is 2.58 bits per heavy atom. The minimum atomic E-state index is -3.45. The van der Waals surface area contributed by atoms with Crippen LogP contribution in [0, 0.1) is 0 Å². The first-order valence-electron chi connectivity index (χ1n) is 6.48. The van der Waals surface area contributed by atoms with E-state index in [1.54, 1.807) is 12.1 Å². The lowest BCUT2D eigenvalue weighted by molar-refractivity contribution is 0.552. The fourth-order valence-corrected chi connectivity index (χ4v) is 4.00. The molecule has 1 aliphatic carbocycles. The average molecular weight is 303 g/mol. The van der Waals surface area contributed by atoms with Crippen molar-refractivity contribution in [3.8, 4) is 0 Å². The largest absolute Gasteiger partial charge is 0.316 e. The predicted molar refractivity (Wildman–Crippen MR) is 76.8 cm³/mol. The van der Waals surface area contributed by atoms with Gasteiger partial charge in [-0.25, -0.2) is 13.1 Å². The second-order valence-electron chi connectivity index (χ2n) is 4.89. The van der Waals surface area contributed by atoms with Gasteiger partial charge in [-0.05, 0) is 37.6 Å². The second-order valence-corrected chi connectivity index (χ2v) is 7.01. The first-order chi connectivity index (χ1) is 9.03. The van der Waals surface area contributed by atoms with Gasteiger partial charge in [0, 0.05) is 17.6 Å². The average Bonchev–Trinajstić information content (AvgIpc) is 2.84. The Morgan fingerprint density at radius 2 is 2.00 bits per heavy atom. The van der Waals surface area contributed by atoms with Crippen LogP contribution in [-0.2, 0) is 16.6 Å². The van der Waals surface area contributed by atoms with Crippen LogP contribution in [-0.4, -0.2) is 21.5 Å². The predicted octanol–water partition coefficient (Wildman–Crippen LogP) is 2.28. The molecule has 1 fully saturated rings. The molecular formula is C13H19ClN2O2S. The van der Waals surface area contributed by atoms with Gasteiger partial charge in [0.2, 0.25) is 10.0 Å². The maximum Gasteiger partial charge on any atom is 0.240 e. The number of rotatable bonds is 5. The molecule has 0 unspecified atom stereocenters. The summed E-state index contributed by atoms with van der Waals surface area (Å²) in [7, 11) is -1.63. The maximum absolute atomic E-state index is 12.2. The van der Waals surface area contributed by atoms with E-state index in [4.69, 9.17) is 11.6 Å². The summed E-state index contributed by atoms with van der Waals surface area (Å²) in [5.74, 6) is 0. The second kappa shape index (κ2) is 6.22. The van der Waals surface area contributed by atoms with E-state index in [1.165, 1.54) is 6.07 Å². The van der Waals surface area contributed by atoms with Gasteiger partial charge in [0.05, 0.1) is 4.90 Å². The smallest absolute Gasteiger partial charge is 0.240 e. The molecule has 19 heavy (non-hydrogen) atoms. The zero-order valence-electron chi connectivity index (χ0n) is 10.9. The maximum atomic E-state index is 12.2. The Morgan fingerprint density at radius 1 is 1.32 bits per heavy atom. The number of benzene rings is 1. The molecule has 0 spiro atoms. The summed E-state index contributed by atoms with van der Waals surface area (Å²) in [5.41, 5.74) is 0.893. The molecule has 1 aliphatic rings. The molecule has 0 atom stereocenters. The third-order valence-corrected chi connectivity index (χ3v) is 5.25. The van der Waals surface area contributed by atoms with Crippen LogP contribution >= 0.6 is 11.6 Å². The lowest BCUT2D eigenvalue weighted by Crippen LogP contribution is -2.32. The van der Waals surface area contributed by atoms with Crippen LogP contribution in [0.5, 0.6) is 0 Å². The van der Waals surface area contributed by atoms with Gasteiger partial charge in [-0.2, -0.15) is 0 Å². The summed E-state index contributed by atoms with van der Waals surface area (Å²) >= 11 is 6.10. The lowest BCUT2D eigenvalue weighted by Gasteiger charge is -2.13. The van der Waals surface area contributed by atoms with E-state index in [-0.39, 0.29) is 10.9 Å². The van der Waals surface area contributed by atoms with Gasteiger partial charge in [0.1, 0.15) is 0 Å². The van der Waals surface area contributed by atoms with Gasteiger partial charge in [0.25, 0.3) is 0 Å². The highest BCUT2D eigenvalue weighted by molar-refractivity contribution is 7.89. The standard InChI is InChI=1S/C13H19ClN2O2S/c1-15-9-10-6-7-12(8-13(10)14)19(17,18)16-11-4-2-3-5-11/h6-8,11,15-16H,2-5,9H2,1H3. The van der Waals surface area contributed by atoms with Crippen LogP contribution in [0.15, 0.2) is 23.1 Å². The molecule has 1 saturated carbocycles. The summed E-state index contributed by atoms with van der Waals surface area (Å²) in [5, 5.41) is 3.47. The molecular weight excluding hydrogens is 284 g/mol. The van der Waals surface area contributed by atoms with Crippen molar-refractivity contribution in [2.75, 3.05) is 7.05 Å². The molecule has 106 valence electrons. The van der Waals surface area contributed by atoms with E-state index in [0.717, 1.165) is 31.2 Å². The molecule has 6 heteroatoms. The van der Waals surface area contributed by atoms with Crippen molar-refractivity contribution in [2.24, 2.45) is 0 Å². The van der Waals surface area contributed by atoms with Crippen LogP contribution in [0.1, 0.15) is 31.2 Å². The number of sulfonamides is 1. The van der Waals surface area contributed by atoms with Gasteiger partial charge in [-0.3, -0.25) is 0 Å². The summed E-state index contributed by atoms with van der Waals surface area (Å²) < 4.78 is 27.2. The van der Waals surface area contributed by atoms with Crippen LogP contribution < -0.4 is 10.0 Å². The molecule has 0 saturated heterocycles. The van der Waals surface area contributed by atoms with Crippen molar-refractivity contribution in [1.82, 2.24) is 10.0 Å². The first kappa shape index (κ1) is 14.8. The van der Waals surface area contributed by atoms with E-state index < -0.39 is 10.0 Å². The number of halogens is 1. The zero-order chi connectivity index (χ0) is 13.9. The van der Waals surface area contributed by atoms with Gasteiger partial charge >= 0.3 is 0 Å². The first-order valence-corrected chi connectivity index (χ1v) is 8.34. The molecule has 1 aromatic rings. The van der Waals surface area contributed by atoms with Gasteiger partial charge in [-0.1, -0.05) is 30.5 Å². The number of nitrogens with one attached hydrogen (secondary N) is 2. The fourth-order valence-electron chi connectivity index (χ4n) is 2.36. The molecule has 0 aromatic heterocycles. The van der Waals surface area contributed by atoms with Crippen LogP contribution in [0.2, 0.25) is 5.02 Å². The fraction of sp³-hybridized carbons (Fsp3) is 0.538. The Balaban J connectivity index is 2.17. The molecule has 4 nitrogen and oxygen atoms in total. The van der Waals surface area contributed by atoms with Crippen molar-refractivity contribution >= 4 is 21.6 Å². The summed E-state index contributed by atoms with van der Waals surface area (Å²) in [6.07, 6.45) is 4.03. The van der Waals surface area contributed by atoms with E-state index in [1.807, 2.05) is 7.05 Å². The lowest BCUT2D eigenvalue weighted by atomic mass is 10.2.